The minimum atomic E-state index is 0.293. The van der Waals surface area contributed by atoms with E-state index >= 15 is 0 Å². The molecule has 25 heavy (non-hydrogen) atoms. The molecule has 0 saturated carbocycles. The van der Waals surface area contributed by atoms with Gasteiger partial charge in [0, 0.05) is 17.8 Å². The van der Waals surface area contributed by atoms with Crippen LogP contribution in [0.2, 0.25) is 0 Å². The van der Waals surface area contributed by atoms with E-state index in [-0.39, 0.29) is 0 Å². The van der Waals surface area contributed by atoms with Crippen LogP contribution in [0.15, 0.2) is 6.07 Å². The van der Waals surface area contributed by atoms with E-state index in [2.05, 4.69) is 80.0 Å². The Morgan fingerprint density at radius 1 is 0.720 bits per heavy atom. The Hall–Kier alpha value is -1.76. The van der Waals surface area contributed by atoms with Crippen LogP contribution in [0.4, 0.5) is 0 Å². The molecule has 0 radical (unpaired) electrons. The second-order valence-electron chi connectivity index (χ2n) is 9.23. The first-order valence-corrected chi connectivity index (χ1v) is 9.43. The molecular formula is C24H33N. The van der Waals surface area contributed by atoms with Gasteiger partial charge in [-0.25, -0.2) is 0 Å². The molecule has 2 aromatic carbocycles. The highest BCUT2D eigenvalue weighted by Gasteiger charge is 2.23. The Morgan fingerprint density at radius 3 is 1.84 bits per heavy atom. The summed E-state index contributed by atoms with van der Waals surface area (Å²) in [5, 5.41) is 2.93. The molecule has 0 bridgehead atoms. The summed E-state index contributed by atoms with van der Waals surface area (Å²) in [5.74, 6) is 0. The molecule has 1 heterocycles. The van der Waals surface area contributed by atoms with Crippen LogP contribution in [0.1, 0.15) is 59.7 Å². The van der Waals surface area contributed by atoms with Gasteiger partial charge in [0.1, 0.15) is 0 Å². The lowest BCUT2D eigenvalue weighted by Gasteiger charge is -2.23. The molecule has 1 nitrogen and oxygen atoms in total. The predicted octanol–water partition coefficient (Wildman–Crippen LogP) is 6.77. The van der Waals surface area contributed by atoms with E-state index in [0.29, 0.717) is 5.41 Å². The van der Waals surface area contributed by atoms with E-state index in [1.54, 1.807) is 5.56 Å². The zero-order valence-corrected chi connectivity index (χ0v) is 17.7. The average molecular weight is 336 g/mol. The SMILES string of the molecule is Cc1cc(C)c2c3c(C)c(CC(C)(C)C)c(C)c(C)c3n(C)c2c1C. The Morgan fingerprint density at radius 2 is 1.28 bits per heavy atom. The van der Waals surface area contributed by atoms with Crippen molar-refractivity contribution in [2.45, 2.75) is 68.7 Å². The summed E-state index contributed by atoms with van der Waals surface area (Å²) in [5.41, 5.74) is 13.2. The number of hydrogen-bond donors (Lipinski definition) is 0. The molecule has 0 amide bonds. The number of aromatic nitrogens is 1. The highest BCUT2D eigenvalue weighted by molar-refractivity contribution is 6.14. The number of nitrogens with zero attached hydrogens (tertiary/aromatic N) is 1. The summed E-state index contributed by atoms with van der Waals surface area (Å²) >= 11 is 0. The van der Waals surface area contributed by atoms with Crippen LogP contribution >= 0.6 is 0 Å². The van der Waals surface area contributed by atoms with Gasteiger partial charge in [0.25, 0.3) is 0 Å². The second kappa shape index (κ2) is 5.62. The molecule has 1 aromatic heterocycles. The fourth-order valence-electron chi connectivity index (χ4n) is 4.63. The van der Waals surface area contributed by atoms with Gasteiger partial charge in [0.2, 0.25) is 0 Å². The summed E-state index contributed by atoms with van der Waals surface area (Å²) in [6.07, 6.45) is 1.13. The first-order valence-electron chi connectivity index (χ1n) is 9.43. The van der Waals surface area contributed by atoms with Crippen LogP contribution in [0.3, 0.4) is 0 Å². The summed E-state index contributed by atoms with van der Waals surface area (Å²) in [6, 6.07) is 2.36. The van der Waals surface area contributed by atoms with Crippen molar-refractivity contribution in [1.82, 2.24) is 4.57 Å². The monoisotopic (exact) mass is 335 g/mol. The van der Waals surface area contributed by atoms with Crippen molar-refractivity contribution < 1.29 is 0 Å². The van der Waals surface area contributed by atoms with Gasteiger partial charge < -0.3 is 4.57 Å². The van der Waals surface area contributed by atoms with Crippen LogP contribution < -0.4 is 0 Å². The van der Waals surface area contributed by atoms with Crippen LogP contribution in [-0.2, 0) is 13.5 Å². The molecule has 3 rings (SSSR count). The molecule has 0 aliphatic rings. The smallest absolute Gasteiger partial charge is 0.0524 e. The van der Waals surface area contributed by atoms with E-state index in [1.807, 2.05) is 0 Å². The largest absolute Gasteiger partial charge is 0.343 e. The molecule has 1 heteroatoms. The average Bonchev–Trinajstić information content (AvgIpc) is 2.80. The molecular weight excluding hydrogens is 302 g/mol. The minimum Gasteiger partial charge on any atom is -0.343 e. The quantitative estimate of drug-likeness (QED) is 0.462. The topological polar surface area (TPSA) is 4.93 Å². The van der Waals surface area contributed by atoms with Crippen molar-refractivity contribution in [3.8, 4) is 0 Å². The molecule has 0 spiro atoms. The van der Waals surface area contributed by atoms with E-state index in [1.165, 1.54) is 55.2 Å². The lowest BCUT2D eigenvalue weighted by Crippen LogP contribution is -2.12. The third kappa shape index (κ3) is 2.60. The first-order chi connectivity index (χ1) is 11.5. The van der Waals surface area contributed by atoms with Crippen molar-refractivity contribution in [3.63, 3.8) is 0 Å². The van der Waals surface area contributed by atoms with Gasteiger partial charge in [-0.3, -0.25) is 0 Å². The van der Waals surface area contributed by atoms with E-state index in [4.69, 9.17) is 0 Å². The van der Waals surface area contributed by atoms with Gasteiger partial charge in [-0.05, 0) is 92.3 Å². The van der Waals surface area contributed by atoms with Crippen LogP contribution in [0.25, 0.3) is 21.8 Å². The molecule has 0 saturated heterocycles. The standard InChI is InChI=1S/C24H33N/c1-13-11-14(2)20-21-18(6)19(12-24(7,8)9)16(4)17(5)23(21)25(10)22(20)15(13)3/h11H,12H2,1-10H3. The maximum absolute atomic E-state index is 2.44. The number of rotatable bonds is 1. The van der Waals surface area contributed by atoms with Gasteiger partial charge in [-0.15, -0.1) is 0 Å². The summed E-state index contributed by atoms with van der Waals surface area (Å²) in [6.45, 7) is 20.7. The van der Waals surface area contributed by atoms with Crippen LogP contribution in [0, 0.1) is 47.0 Å². The van der Waals surface area contributed by atoms with Crippen molar-refractivity contribution in [1.29, 1.82) is 0 Å². The molecule has 0 aliphatic carbocycles. The Kier molecular flexibility index (Phi) is 4.06. The van der Waals surface area contributed by atoms with Gasteiger partial charge in [-0.1, -0.05) is 26.8 Å². The summed E-state index contributed by atoms with van der Waals surface area (Å²) in [4.78, 5) is 0. The minimum absolute atomic E-state index is 0.293. The van der Waals surface area contributed by atoms with Crippen LogP contribution in [0.5, 0.6) is 0 Å². The zero-order chi connectivity index (χ0) is 18.8. The predicted molar refractivity (Wildman–Crippen MR) is 112 cm³/mol. The highest BCUT2D eigenvalue weighted by atomic mass is 14.9. The maximum atomic E-state index is 2.44. The first kappa shape index (κ1) is 18.0. The number of benzene rings is 2. The maximum Gasteiger partial charge on any atom is 0.0524 e. The van der Waals surface area contributed by atoms with Gasteiger partial charge in [-0.2, -0.15) is 0 Å². The Balaban J connectivity index is 2.60. The molecule has 0 N–H and O–H groups in total. The molecule has 0 fully saturated rings. The Labute approximate surface area is 153 Å². The van der Waals surface area contributed by atoms with Crippen molar-refractivity contribution in [3.05, 3.63) is 45.0 Å². The van der Waals surface area contributed by atoms with E-state index in [9.17, 15) is 0 Å². The number of fused-ring (bicyclic) bond motifs is 3. The highest BCUT2D eigenvalue weighted by Crippen LogP contribution is 2.41. The third-order valence-electron chi connectivity index (χ3n) is 6.07. The molecule has 134 valence electrons. The summed E-state index contributed by atoms with van der Waals surface area (Å²) in [7, 11) is 2.24. The fourth-order valence-corrected chi connectivity index (χ4v) is 4.63. The fraction of sp³-hybridized carbons (Fsp3) is 0.500. The van der Waals surface area contributed by atoms with Crippen molar-refractivity contribution in [2.75, 3.05) is 0 Å². The second-order valence-corrected chi connectivity index (χ2v) is 9.23. The zero-order valence-electron chi connectivity index (χ0n) is 17.7. The molecule has 0 atom stereocenters. The lowest BCUT2D eigenvalue weighted by atomic mass is 9.82. The normalized spacial score (nSPS) is 12.6. The summed E-state index contributed by atoms with van der Waals surface area (Å²) < 4.78 is 2.44. The third-order valence-corrected chi connectivity index (χ3v) is 6.07. The van der Waals surface area contributed by atoms with Gasteiger partial charge in [0.15, 0.2) is 0 Å². The molecule has 3 aromatic rings. The van der Waals surface area contributed by atoms with Crippen molar-refractivity contribution >= 4 is 21.8 Å². The van der Waals surface area contributed by atoms with Gasteiger partial charge >= 0.3 is 0 Å². The lowest BCUT2D eigenvalue weighted by molar-refractivity contribution is 0.409. The van der Waals surface area contributed by atoms with Crippen LogP contribution in [-0.4, -0.2) is 4.57 Å². The van der Waals surface area contributed by atoms with E-state index in [0.717, 1.165) is 6.42 Å². The number of hydrogen-bond acceptors (Lipinski definition) is 0. The number of aryl methyl sites for hydroxylation is 6. The van der Waals surface area contributed by atoms with Crippen molar-refractivity contribution in [2.24, 2.45) is 12.5 Å². The molecule has 0 unspecified atom stereocenters. The van der Waals surface area contributed by atoms with Gasteiger partial charge in [0.05, 0.1) is 11.0 Å². The molecule has 0 aliphatic heterocycles. The Bertz CT molecular complexity index is 1010. The van der Waals surface area contributed by atoms with E-state index < -0.39 is 0 Å².